The van der Waals surface area contributed by atoms with Gasteiger partial charge in [0, 0.05) is 62.8 Å². The summed E-state index contributed by atoms with van der Waals surface area (Å²) in [6.07, 6.45) is 7.21. The fourth-order valence-corrected chi connectivity index (χ4v) is 4.76. The average Bonchev–Trinajstić information content (AvgIpc) is 3.40. The van der Waals surface area contributed by atoms with Crippen molar-refractivity contribution in [3.8, 4) is 11.4 Å². The van der Waals surface area contributed by atoms with Crippen LogP contribution in [0.2, 0.25) is 0 Å². The van der Waals surface area contributed by atoms with Crippen LogP contribution in [0, 0.1) is 6.92 Å². The predicted octanol–water partition coefficient (Wildman–Crippen LogP) is 3.63. The summed E-state index contributed by atoms with van der Waals surface area (Å²) in [5.41, 5.74) is 5.92. The smallest absolute Gasteiger partial charge is 0.236 e. The van der Waals surface area contributed by atoms with Crippen LogP contribution in [0.15, 0.2) is 67.0 Å². The first-order valence-electron chi connectivity index (χ1n) is 12.3. The van der Waals surface area contributed by atoms with Crippen LogP contribution in [0.5, 0.6) is 5.75 Å². The van der Waals surface area contributed by atoms with Gasteiger partial charge in [-0.05, 0) is 43.2 Å². The zero-order chi connectivity index (χ0) is 24.2. The number of piperazine rings is 1. The van der Waals surface area contributed by atoms with E-state index in [1.54, 1.807) is 7.11 Å². The van der Waals surface area contributed by atoms with E-state index in [-0.39, 0.29) is 5.91 Å². The Morgan fingerprint density at radius 3 is 2.51 bits per heavy atom. The van der Waals surface area contributed by atoms with Gasteiger partial charge in [0.1, 0.15) is 5.75 Å². The van der Waals surface area contributed by atoms with E-state index in [2.05, 4.69) is 70.5 Å². The van der Waals surface area contributed by atoms with Crippen LogP contribution in [0.4, 0.5) is 5.69 Å². The van der Waals surface area contributed by atoms with Gasteiger partial charge in [0.2, 0.25) is 5.91 Å². The summed E-state index contributed by atoms with van der Waals surface area (Å²) in [7, 11) is 1.69. The molecule has 2 aromatic carbocycles. The van der Waals surface area contributed by atoms with Gasteiger partial charge in [-0.25, -0.2) is 4.68 Å². The van der Waals surface area contributed by atoms with Crippen LogP contribution in [0.1, 0.15) is 17.5 Å². The van der Waals surface area contributed by atoms with Gasteiger partial charge in [0.05, 0.1) is 25.5 Å². The molecule has 5 rings (SSSR count). The predicted molar refractivity (Wildman–Crippen MR) is 139 cm³/mol. The Morgan fingerprint density at radius 1 is 1.00 bits per heavy atom. The molecule has 1 amide bonds. The van der Waals surface area contributed by atoms with Gasteiger partial charge in [-0.2, -0.15) is 5.10 Å². The summed E-state index contributed by atoms with van der Waals surface area (Å²) >= 11 is 0. The van der Waals surface area contributed by atoms with Crippen LogP contribution >= 0.6 is 0 Å². The molecule has 7 nitrogen and oxygen atoms in total. The van der Waals surface area contributed by atoms with Crippen molar-refractivity contribution < 1.29 is 9.53 Å². The maximum atomic E-state index is 13.0. The van der Waals surface area contributed by atoms with Gasteiger partial charge in [0.15, 0.2) is 0 Å². The molecule has 1 saturated heterocycles. The van der Waals surface area contributed by atoms with E-state index in [1.165, 1.54) is 11.1 Å². The average molecular weight is 472 g/mol. The van der Waals surface area contributed by atoms with Crippen LogP contribution < -0.4 is 9.64 Å². The van der Waals surface area contributed by atoms with Gasteiger partial charge in [-0.1, -0.05) is 29.8 Å². The highest BCUT2D eigenvalue weighted by molar-refractivity contribution is 5.79. The number of amides is 1. The van der Waals surface area contributed by atoms with Crippen LogP contribution in [-0.4, -0.2) is 78.4 Å². The lowest BCUT2D eigenvalue weighted by atomic mass is 10.0. The van der Waals surface area contributed by atoms with E-state index in [0.717, 1.165) is 68.4 Å². The Morgan fingerprint density at radius 2 is 1.80 bits per heavy atom. The number of hydrogen-bond donors (Lipinski definition) is 0. The van der Waals surface area contributed by atoms with Gasteiger partial charge in [-0.15, -0.1) is 0 Å². The molecule has 7 heteroatoms. The number of hydrogen-bond acceptors (Lipinski definition) is 5. The number of carbonyl (C=O) groups is 1. The lowest BCUT2D eigenvalue weighted by Crippen LogP contribution is -2.51. The minimum absolute atomic E-state index is 0.222. The van der Waals surface area contributed by atoms with E-state index >= 15 is 0 Å². The molecule has 0 unspecified atom stereocenters. The molecular formula is C28H33N5O2. The van der Waals surface area contributed by atoms with Crippen molar-refractivity contribution in [2.75, 3.05) is 57.8 Å². The molecule has 1 fully saturated rings. The molecule has 182 valence electrons. The number of anilines is 1. The molecule has 2 aliphatic rings. The van der Waals surface area contributed by atoms with Crippen molar-refractivity contribution in [3.05, 3.63) is 78.1 Å². The molecular weight excluding hydrogens is 438 g/mol. The molecule has 0 spiro atoms. The molecule has 2 aliphatic heterocycles. The monoisotopic (exact) mass is 471 g/mol. The molecule has 3 aromatic rings. The third kappa shape index (κ3) is 5.41. The number of rotatable bonds is 6. The Balaban J connectivity index is 1.12. The van der Waals surface area contributed by atoms with Crippen LogP contribution in [-0.2, 0) is 4.79 Å². The Bertz CT molecular complexity index is 1190. The highest BCUT2D eigenvalue weighted by Gasteiger charge is 2.24. The summed E-state index contributed by atoms with van der Waals surface area (Å²) in [4.78, 5) is 19.5. The van der Waals surface area contributed by atoms with E-state index < -0.39 is 0 Å². The van der Waals surface area contributed by atoms with Gasteiger partial charge >= 0.3 is 0 Å². The van der Waals surface area contributed by atoms with Crippen molar-refractivity contribution in [2.24, 2.45) is 0 Å². The topological polar surface area (TPSA) is 53.8 Å². The highest BCUT2D eigenvalue weighted by Crippen LogP contribution is 2.24. The maximum absolute atomic E-state index is 13.0. The molecule has 0 N–H and O–H groups in total. The van der Waals surface area contributed by atoms with Crippen molar-refractivity contribution in [2.45, 2.75) is 13.3 Å². The quantitative estimate of drug-likeness (QED) is 0.550. The number of aryl methyl sites for hydroxylation is 1. The standard InChI is InChI=1S/C28H33N5O2/c1-22-6-8-25(9-7-22)33-20-24(19-29-33)23-10-12-30(13-11-23)21-28(34)32-16-14-31(15-17-32)26-4-3-5-27(18-26)35-2/h3-10,18-20H,11-17,21H2,1-2H3. The fraction of sp³-hybridized carbons (Fsp3) is 0.357. The molecule has 0 saturated carbocycles. The van der Waals surface area contributed by atoms with Gasteiger partial charge < -0.3 is 14.5 Å². The second-order valence-electron chi connectivity index (χ2n) is 9.29. The van der Waals surface area contributed by atoms with Crippen molar-refractivity contribution in [1.82, 2.24) is 19.6 Å². The van der Waals surface area contributed by atoms with Gasteiger partial charge in [0.25, 0.3) is 0 Å². The van der Waals surface area contributed by atoms with Gasteiger partial charge in [-0.3, -0.25) is 9.69 Å². The van der Waals surface area contributed by atoms with Crippen LogP contribution in [0.25, 0.3) is 11.3 Å². The lowest BCUT2D eigenvalue weighted by molar-refractivity contribution is -0.132. The van der Waals surface area contributed by atoms with Crippen LogP contribution in [0.3, 0.4) is 0 Å². The number of aromatic nitrogens is 2. The highest BCUT2D eigenvalue weighted by atomic mass is 16.5. The molecule has 35 heavy (non-hydrogen) atoms. The number of ether oxygens (including phenoxy) is 1. The zero-order valence-corrected chi connectivity index (χ0v) is 20.6. The van der Waals surface area contributed by atoms with Crippen molar-refractivity contribution in [3.63, 3.8) is 0 Å². The molecule has 0 atom stereocenters. The molecule has 0 aliphatic carbocycles. The Hall–Kier alpha value is -3.58. The maximum Gasteiger partial charge on any atom is 0.236 e. The summed E-state index contributed by atoms with van der Waals surface area (Å²) in [5, 5.41) is 4.55. The summed E-state index contributed by atoms with van der Waals surface area (Å²) < 4.78 is 7.27. The Kier molecular flexibility index (Phi) is 6.86. The van der Waals surface area contributed by atoms with Crippen molar-refractivity contribution in [1.29, 1.82) is 0 Å². The largest absolute Gasteiger partial charge is 0.497 e. The van der Waals surface area contributed by atoms with E-state index in [0.29, 0.717) is 6.54 Å². The molecule has 0 bridgehead atoms. The second-order valence-corrected chi connectivity index (χ2v) is 9.29. The SMILES string of the molecule is COc1cccc(N2CCN(C(=O)CN3CC=C(c4cnn(-c5ccc(C)cc5)c4)CC3)CC2)c1. The number of benzene rings is 2. The fourth-order valence-electron chi connectivity index (χ4n) is 4.76. The van der Waals surface area contributed by atoms with E-state index in [1.807, 2.05) is 27.9 Å². The normalized spacial score (nSPS) is 16.8. The third-order valence-corrected chi connectivity index (χ3v) is 6.95. The summed E-state index contributed by atoms with van der Waals surface area (Å²) in [5.74, 6) is 1.08. The first kappa shape index (κ1) is 23.2. The molecule has 0 radical (unpaired) electrons. The summed E-state index contributed by atoms with van der Waals surface area (Å²) in [6, 6.07) is 16.5. The number of nitrogens with zero attached hydrogens (tertiary/aromatic N) is 5. The third-order valence-electron chi connectivity index (χ3n) is 6.95. The number of methoxy groups -OCH3 is 1. The number of carbonyl (C=O) groups excluding carboxylic acids is 1. The minimum Gasteiger partial charge on any atom is -0.497 e. The molecule has 3 heterocycles. The first-order chi connectivity index (χ1) is 17.1. The zero-order valence-electron chi connectivity index (χ0n) is 20.6. The van der Waals surface area contributed by atoms with Crippen molar-refractivity contribution >= 4 is 17.2 Å². The minimum atomic E-state index is 0.222. The Labute approximate surface area is 207 Å². The lowest BCUT2D eigenvalue weighted by Gasteiger charge is -2.37. The second kappa shape index (κ2) is 10.4. The molecule has 1 aromatic heterocycles. The first-order valence-corrected chi connectivity index (χ1v) is 12.3. The summed E-state index contributed by atoms with van der Waals surface area (Å²) in [6.45, 7) is 7.43. The van der Waals surface area contributed by atoms with E-state index in [9.17, 15) is 4.79 Å². The van der Waals surface area contributed by atoms with E-state index in [4.69, 9.17) is 4.74 Å².